The van der Waals surface area contributed by atoms with E-state index >= 15 is 0 Å². The van der Waals surface area contributed by atoms with Gasteiger partial charge in [-0.25, -0.2) is 0 Å². The summed E-state index contributed by atoms with van der Waals surface area (Å²) in [4.78, 5) is 0. The normalized spacial score (nSPS) is 10.4. The zero-order valence-electron chi connectivity index (χ0n) is 10.3. The Labute approximate surface area is 124 Å². The Hall–Kier alpha value is -0.800. The molecule has 0 saturated carbocycles. The molecule has 2 aromatic carbocycles. The maximum atomic E-state index is 5.99. The van der Waals surface area contributed by atoms with Crippen LogP contribution in [0.1, 0.15) is 16.7 Å². The van der Waals surface area contributed by atoms with Gasteiger partial charge in [0.25, 0.3) is 0 Å². The largest absolute Gasteiger partial charge is 0.457 e. The average Bonchev–Trinajstić information content (AvgIpc) is 2.34. The highest BCUT2D eigenvalue weighted by atomic mass is 79.9. The number of ether oxygens (including phenoxy) is 1. The third-order valence-electron chi connectivity index (χ3n) is 2.72. The fourth-order valence-electron chi connectivity index (χ4n) is 1.76. The zero-order chi connectivity index (χ0) is 13.1. The van der Waals surface area contributed by atoms with Gasteiger partial charge in [0, 0.05) is 15.4 Å². The van der Waals surface area contributed by atoms with Gasteiger partial charge in [0.2, 0.25) is 0 Å². The summed E-state index contributed by atoms with van der Waals surface area (Å²) in [6.45, 7) is 4.13. The number of alkyl halides is 1. The Morgan fingerprint density at radius 2 is 1.72 bits per heavy atom. The fraction of sp³-hybridized carbons (Fsp3) is 0.200. The minimum atomic E-state index is 0.791. The van der Waals surface area contributed by atoms with Gasteiger partial charge in [-0.1, -0.05) is 49.6 Å². The predicted molar refractivity (Wildman–Crippen MR) is 82.8 cm³/mol. The van der Waals surface area contributed by atoms with E-state index in [1.165, 1.54) is 5.56 Å². The van der Waals surface area contributed by atoms with Crippen LogP contribution in [-0.4, -0.2) is 0 Å². The molecule has 0 aromatic heterocycles. The monoisotopic (exact) mass is 368 g/mol. The maximum absolute atomic E-state index is 5.99. The Morgan fingerprint density at radius 1 is 1.00 bits per heavy atom. The van der Waals surface area contributed by atoms with Crippen LogP contribution < -0.4 is 4.74 Å². The minimum absolute atomic E-state index is 0.791. The summed E-state index contributed by atoms with van der Waals surface area (Å²) in [6, 6.07) is 12.3. The van der Waals surface area contributed by atoms with Crippen LogP contribution >= 0.6 is 31.9 Å². The highest BCUT2D eigenvalue weighted by molar-refractivity contribution is 9.10. The second-order valence-corrected chi connectivity index (χ2v) is 5.73. The van der Waals surface area contributed by atoms with Crippen molar-refractivity contribution in [2.45, 2.75) is 19.2 Å². The van der Waals surface area contributed by atoms with Gasteiger partial charge >= 0.3 is 0 Å². The molecular formula is C15H14Br2O. The molecule has 0 spiro atoms. The van der Waals surface area contributed by atoms with Crippen molar-refractivity contribution in [1.29, 1.82) is 0 Å². The van der Waals surface area contributed by atoms with Crippen LogP contribution in [0.15, 0.2) is 40.9 Å². The van der Waals surface area contributed by atoms with Gasteiger partial charge < -0.3 is 4.74 Å². The highest BCUT2D eigenvalue weighted by Gasteiger charge is 2.06. The number of hydrogen-bond donors (Lipinski definition) is 0. The predicted octanol–water partition coefficient (Wildman–Crippen LogP) is 5.75. The lowest BCUT2D eigenvalue weighted by Crippen LogP contribution is -1.92. The number of rotatable bonds is 3. The first-order chi connectivity index (χ1) is 8.60. The van der Waals surface area contributed by atoms with E-state index in [0.29, 0.717) is 0 Å². The lowest BCUT2D eigenvalue weighted by molar-refractivity contribution is 0.474. The molecule has 2 aromatic rings. The molecule has 0 fully saturated rings. The molecule has 0 unspecified atom stereocenters. The van der Waals surface area contributed by atoms with E-state index in [1.807, 2.05) is 25.1 Å². The summed E-state index contributed by atoms with van der Waals surface area (Å²) in [5, 5.41) is 0.791. The first-order valence-electron chi connectivity index (χ1n) is 5.69. The second-order valence-electron chi connectivity index (χ2n) is 4.26. The molecular weight excluding hydrogens is 356 g/mol. The van der Waals surface area contributed by atoms with E-state index in [2.05, 4.69) is 57.0 Å². The molecule has 2 rings (SSSR count). The van der Waals surface area contributed by atoms with Crippen molar-refractivity contribution in [2.75, 3.05) is 0 Å². The maximum Gasteiger partial charge on any atom is 0.131 e. The lowest BCUT2D eigenvalue weighted by Gasteiger charge is -2.12. The van der Waals surface area contributed by atoms with Gasteiger partial charge in [-0.2, -0.15) is 0 Å². The highest BCUT2D eigenvalue weighted by Crippen LogP contribution is 2.31. The van der Waals surface area contributed by atoms with Crippen molar-refractivity contribution in [2.24, 2.45) is 0 Å². The molecule has 0 radical (unpaired) electrons. The quantitative estimate of drug-likeness (QED) is 0.625. The number of hydrogen-bond acceptors (Lipinski definition) is 1. The molecule has 0 amide bonds. The molecule has 0 aliphatic rings. The van der Waals surface area contributed by atoms with Crippen molar-refractivity contribution in [1.82, 2.24) is 0 Å². The van der Waals surface area contributed by atoms with Gasteiger partial charge in [0.1, 0.15) is 11.5 Å². The SMILES string of the molecule is Cc1ccc(Oc2ccc(Br)cc2C)c(CBr)c1. The van der Waals surface area contributed by atoms with E-state index in [0.717, 1.165) is 32.4 Å². The first kappa shape index (κ1) is 13.6. The molecule has 0 saturated heterocycles. The van der Waals surface area contributed by atoms with E-state index < -0.39 is 0 Å². The Bertz CT molecular complexity index is 564. The summed E-state index contributed by atoms with van der Waals surface area (Å²) in [5.74, 6) is 1.80. The Morgan fingerprint density at radius 3 is 2.39 bits per heavy atom. The van der Waals surface area contributed by atoms with E-state index in [4.69, 9.17) is 4.74 Å². The Balaban J connectivity index is 2.33. The van der Waals surface area contributed by atoms with Crippen LogP contribution in [0.25, 0.3) is 0 Å². The fourth-order valence-corrected chi connectivity index (χ4v) is 2.67. The molecule has 3 heteroatoms. The van der Waals surface area contributed by atoms with Crippen molar-refractivity contribution >= 4 is 31.9 Å². The van der Waals surface area contributed by atoms with Crippen molar-refractivity contribution in [3.8, 4) is 11.5 Å². The molecule has 0 aliphatic heterocycles. The zero-order valence-corrected chi connectivity index (χ0v) is 13.5. The van der Waals surface area contributed by atoms with E-state index in [9.17, 15) is 0 Å². The molecule has 18 heavy (non-hydrogen) atoms. The van der Waals surface area contributed by atoms with Crippen LogP contribution in [0.4, 0.5) is 0 Å². The van der Waals surface area contributed by atoms with E-state index in [1.54, 1.807) is 0 Å². The molecule has 0 bridgehead atoms. The Kier molecular flexibility index (Phi) is 4.46. The standard InChI is InChI=1S/C15H14Br2O/c1-10-3-5-15(12(7-10)9-16)18-14-6-4-13(17)8-11(14)2/h3-8H,9H2,1-2H3. The number of halogens is 2. The number of aryl methyl sites for hydroxylation is 2. The first-order valence-corrected chi connectivity index (χ1v) is 7.61. The van der Waals surface area contributed by atoms with Crippen LogP contribution in [0.3, 0.4) is 0 Å². The summed E-state index contributed by atoms with van der Waals surface area (Å²) < 4.78 is 7.06. The molecule has 0 heterocycles. The van der Waals surface area contributed by atoms with Gasteiger partial charge in [0.05, 0.1) is 0 Å². The second kappa shape index (κ2) is 5.89. The third kappa shape index (κ3) is 3.15. The van der Waals surface area contributed by atoms with Crippen molar-refractivity contribution < 1.29 is 4.74 Å². The van der Waals surface area contributed by atoms with Crippen LogP contribution in [0.2, 0.25) is 0 Å². The van der Waals surface area contributed by atoms with Crippen LogP contribution in [0, 0.1) is 13.8 Å². The van der Waals surface area contributed by atoms with Gasteiger partial charge in [-0.05, 0) is 43.7 Å². The van der Waals surface area contributed by atoms with Gasteiger partial charge in [-0.3, -0.25) is 0 Å². The van der Waals surface area contributed by atoms with E-state index in [-0.39, 0.29) is 0 Å². The summed E-state index contributed by atoms with van der Waals surface area (Å²) in [6.07, 6.45) is 0. The topological polar surface area (TPSA) is 9.23 Å². The lowest BCUT2D eigenvalue weighted by atomic mass is 10.1. The number of benzene rings is 2. The summed E-state index contributed by atoms with van der Waals surface area (Å²) in [5.41, 5.74) is 3.52. The van der Waals surface area contributed by atoms with Crippen molar-refractivity contribution in [3.63, 3.8) is 0 Å². The molecule has 0 atom stereocenters. The smallest absolute Gasteiger partial charge is 0.131 e. The molecule has 0 N–H and O–H groups in total. The molecule has 0 aliphatic carbocycles. The minimum Gasteiger partial charge on any atom is -0.457 e. The third-order valence-corrected chi connectivity index (χ3v) is 3.81. The van der Waals surface area contributed by atoms with Crippen LogP contribution in [0.5, 0.6) is 11.5 Å². The summed E-state index contributed by atoms with van der Waals surface area (Å²) in [7, 11) is 0. The van der Waals surface area contributed by atoms with Crippen molar-refractivity contribution in [3.05, 3.63) is 57.6 Å². The van der Waals surface area contributed by atoms with Gasteiger partial charge in [0.15, 0.2) is 0 Å². The average molecular weight is 370 g/mol. The molecule has 94 valence electrons. The van der Waals surface area contributed by atoms with Crippen LogP contribution in [-0.2, 0) is 5.33 Å². The molecule has 1 nitrogen and oxygen atoms in total. The van der Waals surface area contributed by atoms with Gasteiger partial charge in [-0.15, -0.1) is 0 Å². The summed E-state index contributed by atoms with van der Waals surface area (Å²) >= 11 is 6.95.